The van der Waals surface area contributed by atoms with E-state index in [2.05, 4.69) is 16.6 Å². The van der Waals surface area contributed by atoms with E-state index < -0.39 is 29.6 Å². The fourth-order valence-electron chi connectivity index (χ4n) is 7.45. The van der Waals surface area contributed by atoms with Crippen LogP contribution in [-0.2, 0) is 26.1 Å². The number of aliphatic carboxylic acids is 1. The van der Waals surface area contributed by atoms with Gasteiger partial charge in [0.25, 0.3) is 0 Å². The number of ether oxygens (including phenoxy) is 3. The number of aromatic nitrogens is 1. The molecule has 3 aromatic rings. The zero-order valence-electron chi connectivity index (χ0n) is 22.3. The van der Waals surface area contributed by atoms with E-state index in [1.54, 1.807) is 42.5 Å². The van der Waals surface area contributed by atoms with E-state index in [4.69, 9.17) is 9.47 Å². The number of carboxylic acids is 1. The van der Waals surface area contributed by atoms with Crippen molar-refractivity contribution in [3.63, 3.8) is 0 Å². The fraction of sp³-hybridized carbons (Fsp3) is 0.400. The van der Waals surface area contributed by atoms with Crippen LogP contribution in [0.25, 0.3) is 10.9 Å². The zero-order chi connectivity index (χ0) is 28.2. The van der Waals surface area contributed by atoms with Crippen LogP contribution in [0.2, 0.25) is 0 Å². The summed E-state index contributed by atoms with van der Waals surface area (Å²) < 4.78 is 16.5. The zero-order valence-corrected chi connectivity index (χ0v) is 22.3. The highest BCUT2D eigenvalue weighted by Gasteiger charge is 2.63. The molecule has 4 aliphatic rings. The average Bonchev–Trinajstić information content (AvgIpc) is 3.24. The van der Waals surface area contributed by atoms with Crippen LogP contribution >= 0.6 is 0 Å². The molecule has 2 saturated heterocycles. The molecule has 3 aliphatic heterocycles. The topological polar surface area (TPSA) is 124 Å². The second-order valence-corrected chi connectivity index (χ2v) is 10.9. The first-order valence-electron chi connectivity index (χ1n) is 13.5. The summed E-state index contributed by atoms with van der Waals surface area (Å²) in [6, 6.07) is 12.6. The molecule has 1 N–H and O–H groups in total. The monoisotopic (exact) mass is 546 g/mol. The first kappa shape index (κ1) is 26.1. The lowest BCUT2D eigenvalue weighted by Gasteiger charge is -2.57. The summed E-state index contributed by atoms with van der Waals surface area (Å²) in [5.41, 5.74) is 0.240. The van der Waals surface area contributed by atoms with Crippen molar-refractivity contribution in [2.45, 2.75) is 44.1 Å². The number of methoxy groups -OCH3 is 1. The van der Waals surface area contributed by atoms with E-state index in [-0.39, 0.29) is 29.2 Å². The van der Waals surface area contributed by atoms with Gasteiger partial charge in [0.15, 0.2) is 0 Å². The summed E-state index contributed by atoms with van der Waals surface area (Å²) in [7, 11) is 1.20. The minimum absolute atomic E-state index is 0.140. The third kappa shape index (κ3) is 3.89. The molecule has 5 atom stereocenters. The Bertz CT molecular complexity index is 1530. The van der Waals surface area contributed by atoms with E-state index in [0.717, 1.165) is 19.4 Å². The van der Waals surface area contributed by atoms with Crippen molar-refractivity contribution < 1.29 is 38.5 Å². The summed E-state index contributed by atoms with van der Waals surface area (Å²) in [5.74, 6) is -1.34. The molecule has 1 saturated carbocycles. The van der Waals surface area contributed by atoms with Gasteiger partial charge in [0.2, 0.25) is 0 Å². The van der Waals surface area contributed by atoms with Crippen LogP contribution in [0.15, 0.2) is 48.5 Å². The number of piperidine rings is 2. The number of esters is 1. The first-order chi connectivity index (χ1) is 19.3. The number of carbonyl (C=O) groups is 4. The number of carbonyl (C=O) groups excluding carboxylic acids is 3. The van der Waals surface area contributed by atoms with Crippen molar-refractivity contribution in [2.24, 2.45) is 11.8 Å². The van der Waals surface area contributed by atoms with Gasteiger partial charge in [0, 0.05) is 24.5 Å². The summed E-state index contributed by atoms with van der Waals surface area (Å²) in [5, 5.41) is 11.6. The molecular weight excluding hydrogens is 516 g/mol. The molecule has 0 radical (unpaired) electrons. The van der Waals surface area contributed by atoms with E-state index in [1.165, 1.54) is 17.7 Å². The SMILES string of the molecule is CCC1CC2CN3CCc4c(n(C(=O)OC(=O)c5ccccc5)c5ccc(OC(=O)OC)cc45)[C@](C(=O)O)(C2)C13. The molecule has 10 heteroatoms. The van der Waals surface area contributed by atoms with Crippen LogP contribution in [0.1, 0.15) is 47.8 Å². The van der Waals surface area contributed by atoms with Crippen LogP contribution in [0.5, 0.6) is 5.75 Å². The van der Waals surface area contributed by atoms with E-state index >= 15 is 0 Å². The summed E-state index contributed by atoms with van der Waals surface area (Å²) in [6.45, 7) is 3.51. The van der Waals surface area contributed by atoms with Gasteiger partial charge in [-0.1, -0.05) is 31.5 Å². The Morgan fingerprint density at radius 1 is 1.10 bits per heavy atom. The van der Waals surface area contributed by atoms with Crippen LogP contribution in [-0.4, -0.2) is 65.0 Å². The minimum Gasteiger partial charge on any atom is -0.480 e. The Labute approximate surface area is 230 Å². The van der Waals surface area contributed by atoms with Crippen molar-refractivity contribution in [2.75, 3.05) is 20.2 Å². The number of benzene rings is 2. The van der Waals surface area contributed by atoms with Crippen LogP contribution in [0.3, 0.4) is 0 Å². The van der Waals surface area contributed by atoms with Crippen LogP contribution in [0.4, 0.5) is 9.59 Å². The van der Waals surface area contributed by atoms with Gasteiger partial charge < -0.3 is 19.3 Å². The Balaban J connectivity index is 1.58. The number of carboxylic acid groups (broad SMARTS) is 1. The fourth-order valence-corrected chi connectivity index (χ4v) is 7.45. The standard InChI is InChI=1S/C30H30N2O8/c1-3-18-13-17-15-30(27(34)35)24(18)31(16-17)12-11-21-22-14-20(39-29(37)38-2)9-10-23(22)32(25(21)30)28(36)40-26(33)19-7-5-4-6-8-19/h4-10,14,17-18,24H,3,11-13,15-16H2,1-2H3,(H,34,35)/t17?,18?,24?,30-/m0/s1. The molecule has 7 rings (SSSR count). The normalized spacial score (nSPS) is 26.4. The molecule has 4 unspecified atom stereocenters. The van der Waals surface area contributed by atoms with Gasteiger partial charge in [0.1, 0.15) is 11.2 Å². The number of rotatable bonds is 4. The van der Waals surface area contributed by atoms with Gasteiger partial charge in [-0.15, -0.1) is 0 Å². The Hall–Kier alpha value is -4.18. The molecule has 208 valence electrons. The second-order valence-electron chi connectivity index (χ2n) is 10.9. The third-order valence-electron chi connectivity index (χ3n) is 8.85. The molecule has 1 aromatic heterocycles. The lowest BCUT2D eigenvalue weighted by atomic mass is 9.56. The van der Waals surface area contributed by atoms with Crippen molar-refractivity contribution in [3.8, 4) is 5.75 Å². The maximum Gasteiger partial charge on any atom is 0.513 e. The molecule has 10 nitrogen and oxygen atoms in total. The molecule has 40 heavy (non-hydrogen) atoms. The number of hydrogen-bond acceptors (Lipinski definition) is 8. The summed E-state index contributed by atoms with van der Waals surface area (Å²) in [6.07, 6.45) is 0.756. The largest absolute Gasteiger partial charge is 0.513 e. The highest BCUT2D eigenvalue weighted by Crippen LogP contribution is 2.56. The number of hydrogen-bond donors (Lipinski definition) is 1. The van der Waals surface area contributed by atoms with Crippen molar-refractivity contribution in [3.05, 3.63) is 65.4 Å². The first-order valence-corrected chi connectivity index (χ1v) is 13.5. The van der Waals surface area contributed by atoms with Gasteiger partial charge in [-0.3, -0.25) is 9.69 Å². The Morgan fingerprint density at radius 3 is 2.58 bits per heavy atom. The average molecular weight is 547 g/mol. The molecule has 1 aliphatic carbocycles. The van der Waals surface area contributed by atoms with Crippen LogP contribution in [0, 0.1) is 11.8 Å². The minimum atomic E-state index is -1.38. The van der Waals surface area contributed by atoms with Crippen molar-refractivity contribution >= 4 is 35.1 Å². The maximum absolute atomic E-state index is 13.9. The Kier molecular flexibility index (Phi) is 6.37. The van der Waals surface area contributed by atoms with E-state index in [0.29, 0.717) is 41.5 Å². The van der Waals surface area contributed by atoms with Gasteiger partial charge in [-0.2, -0.15) is 0 Å². The van der Waals surface area contributed by atoms with E-state index in [9.17, 15) is 24.3 Å². The van der Waals surface area contributed by atoms with Gasteiger partial charge >= 0.3 is 24.2 Å². The predicted octanol–water partition coefficient (Wildman–Crippen LogP) is 4.61. The number of nitrogens with zero attached hydrogens (tertiary/aromatic N) is 2. The van der Waals surface area contributed by atoms with Gasteiger partial charge in [0.05, 0.1) is 23.9 Å². The molecule has 2 aromatic carbocycles. The molecule has 4 bridgehead atoms. The van der Waals surface area contributed by atoms with Gasteiger partial charge in [-0.05, 0) is 67.0 Å². The highest BCUT2D eigenvalue weighted by molar-refractivity contribution is 6.03. The molecule has 0 amide bonds. The quantitative estimate of drug-likeness (QED) is 0.284. The van der Waals surface area contributed by atoms with Gasteiger partial charge in [-0.25, -0.2) is 19.0 Å². The molecule has 0 spiro atoms. The van der Waals surface area contributed by atoms with Crippen molar-refractivity contribution in [1.82, 2.24) is 9.47 Å². The number of fused-ring (bicyclic) bond motifs is 4. The highest BCUT2D eigenvalue weighted by atomic mass is 16.7. The molecule has 3 fully saturated rings. The van der Waals surface area contributed by atoms with E-state index in [1.807, 2.05) is 0 Å². The maximum atomic E-state index is 13.9. The van der Waals surface area contributed by atoms with Crippen LogP contribution < -0.4 is 4.74 Å². The summed E-state index contributed by atoms with van der Waals surface area (Å²) in [4.78, 5) is 54.4. The molecular formula is C30H30N2O8. The van der Waals surface area contributed by atoms with Crippen molar-refractivity contribution in [1.29, 1.82) is 0 Å². The smallest absolute Gasteiger partial charge is 0.480 e. The third-order valence-corrected chi connectivity index (χ3v) is 8.85. The second kappa shape index (κ2) is 9.78. The lowest BCUT2D eigenvalue weighted by molar-refractivity contribution is -0.158. The molecule has 4 heterocycles. The lowest BCUT2D eigenvalue weighted by Crippen LogP contribution is -2.67. The summed E-state index contributed by atoms with van der Waals surface area (Å²) >= 11 is 0. The Morgan fingerprint density at radius 2 is 1.88 bits per heavy atom. The predicted molar refractivity (Wildman–Crippen MR) is 143 cm³/mol.